The summed E-state index contributed by atoms with van der Waals surface area (Å²) in [7, 11) is 0. The summed E-state index contributed by atoms with van der Waals surface area (Å²) >= 11 is 0. The second-order valence-electron chi connectivity index (χ2n) is 6.47. The molecule has 1 aromatic carbocycles. The number of benzene rings is 1. The highest BCUT2D eigenvalue weighted by Crippen LogP contribution is 2.23. The summed E-state index contributed by atoms with van der Waals surface area (Å²) in [6.45, 7) is 9.40. The second-order valence-corrected chi connectivity index (χ2v) is 6.47. The topological polar surface area (TPSA) is 43.1 Å². The van der Waals surface area contributed by atoms with Gasteiger partial charge < -0.3 is 5.73 Å². The molecule has 0 saturated carbocycles. The molecule has 0 spiro atoms. The fraction of sp³-hybridized carbons (Fsp3) is 0.588. The number of hydrogen-bond donors (Lipinski definition) is 1. The van der Waals surface area contributed by atoms with Crippen LogP contribution < -0.4 is 5.73 Å². The Morgan fingerprint density at radius 3 is 2.21 bits per heavy atom. The Morgan fingerprint density at radius 1 is 1.16 bits per heavy atom. The van der Waals surface area contributed by atoms with Gasteiger partial charge in [0.05, 0.1) is 0 Å². The SMILES string of the molecule is CC(CCN)CCC(=O)c1ccc(C(C)(C)C)cc1. The zero-order valence-electron chi connectivity index (χ0n) is 12.7. The smallest absolute Gasteiger partial charge is 0.162 e. The van der Waals surface area contributed by atoms with Crippen LogP contribution in [0.4, 0.5) is 0 Å². The van der Waals surface area contributed by atoms with E-state index >= 15 is 0 Å². The molecule has 2 heteroatoms. The molecule has 0 saturated heterocycles. The molecule has 106 valence electrons. The van der Waals surface area contributed by atoms with Crippen LogP contribution in [0.1, 0.15) is 62.9 Å². The van der Waals surface area contributed by atoms with Crippen molar-refractivity contribution in [2.45, 2.75) is 52.4 Å². The van der Waals surface area contributed by atoms with Crippen molar-refractivity contribution in [1.29, 1.82) is 0 Å². The molecular formula is C17H27NO. The zero-order valence-corrected chi connectivity index (χ0v) is 12.7. The number of carbonyl (C=O) groups excluding carboxylic acids is 1. The van der Waals surface area contributed by atoms with Crippen molar-refractivity contribution in [3.63, 3.8) is 0 Å². The van der Waals surface area contributed by atoms with Gasteiger partial charge in [0.25, 0.3) is 0 Å². The number of rotatable bonds is 6. The minimum atomic E-state index is 0.136. The maximum absolute atomic E-state index is 12.1. The fourth-order valence-electron chi connectivity index (χ4n) is 2.11. The van der Waals surface area contributed by atoms with Crippen molar-refractivity contribution in [1.82, 2.24) is 0 Å². The molecule has 1 atom stereocenters. The normalized spacial score (nSPS) is 13.3. The van der Waals surface area contributed by atoms with Crippen LogP contribution in [-0.4, -0.2) is 12.3 Å². The van der Waals surface area contributed by atoms with E-state index < -0.39 is 0 Å². The second kappa shape index (κ2) is 6.85. The lowest BCUT2D eigenvalue weighted by molar-refractivity contribution is 0.0974. The maximum atomic E-state index is 12.1. The Kier molecular flexibility index (Phi) is 5.74. The lowest BCUT2D eigenvalue weighted by Gasteiger charge is -2.19. The molecular weight excluding hydrogens is 234 g/mol. The van der Waals surface area contributed by atoms with Crippen LogP contribution in [0, 0.1) is 5.92 Å². The molecule has 2 nitrogen and oxygen atoms in total. The third kappa shape index (κ3) is 5.15. The van der Waals surface area contributed by atoms with Crippen molar-refractivity contribution in [2.75, 3.05) is 6.54 Å². The van der Waals surface area contributed by atoms with E-state index in [0.29, 0.717) is 18.9 Å². The van der Waals surface area contributed by atoms with Gasteiger partial charge in [-0.15, -0.1) is 0 Å². The van der Waals surface area contributed by atoms with E-state index in [9.17, 15) is 4.79 Å². The van der Waals surface area contributed by atoms with Gasteiger partial charge in [-0.3, -0.25) is 4.79 Å². The first kappa shape index (κ1) is 15.9. The Hall–Kier alpha value is -1.15. The highest BCUT2D eigenvalue weighted by molar-refractivity contribution is 5.96. The zero-order chi connectivity index (χ0) is 14.5. The molecule has 0 fully saturated rings. The number of ketones is 1. The largest absolute Gasteiger partial charge is 0.330 e. The molecule has 0 heterocycles. The van der Waals surface area contributed by atoms with Gasteiger partial charge in [-0.2, -0.15) is 0 Å². The Labute approximate surface area is 117 Å². The van der Waals surface area contributed by atoms with Crippen LogP contribution in [0.25, 0.3) is 0 Å². The van der Waals surface area contributed by atoms with Gasteiger partial charge >= 0.3 is 0 Å². The van der Waals surface area contributed by atoms with Crippen LogP contribution >= 0.6 is 0 Å². The summed E-state index contributed by atoms with van der Waals surface area (Å²) in [4.78, 5) is 12.1. The highest BCUT2D eigenvalue weighted by atomic mass is 16.1. The molecule has 0 bridgehead atoms. The van der Waals surface area contributed by atoms with E-state index in [-0.39, 0.29) is 11.2 Å². The molecule has 2 N–H and O–H groups in total. The molecule has 1 rings (SSSR count). The molecule has 0 aliphatic carbocycles. The maximum Gasteiger partial charge on any atom is 0.162 e. The number of Topliss-reactive ketones (excluding diaryl/α,β-unsaturated/α-hetero) is 1. The molecule has 1 unspecified atom stereocenters. The average molecular weight is 261 g/mol. The number of carbonyl (C=O) groups is 1. The van der Waals surface area contributed by atoms with Gasteiger partial charge in [-0.1, -0.05) is 52.0 Å². The quantitative estimate of drug-likeness (QED) is 0.788. The third-order valence-corrected chi connectivity index (χ3v) is 3.60. The van der Waals surface area contributed by atoms with Crippen molar-refractivity contribution >= 4 is 5.78 Å². The Morgan fingerprint density at radius 2 is 1.74 bits per heavy atom. The van der Waals surface area contributed by atoms with Crippen molar-refractivity contribution in [2.24, 2.45) is 11.7 Å². The first-order valence-corrected chi connectivity index (χ1v) is 7.18. The van der Waals surface area contributed by atoms with E-state index in [4.69, 9.17) is 5.73 Å². The van der Waals surface area contributed by atoms with Crippen molar-refractivity contribution < 1.29 is 4.79 Å². The first-order chi connectivity index (χ1) is 8.84. The molecule has 0 aliphatic rings. The van der Waals surface area contributed by atoms with Gasteiger partial charge in [0, 0.05) is 12.0 Å². The van der Waals surface area contributed by atoms with Gasteiger partial charge in [0.2, 0.25) is 0 Å². The lowest BCUT2D eigenvalue weighted by atomic mass is 9.86. The van der Waals surface area contributed by atoms with Crippen molar-refractivity contribution in [3.8, 4) is 0 Å². The van der Waals surface area contributed by atoms with Gasteiger partial charge in [-0.25, -0.2) is 0 Å². The first-order valence-electron chi connectivity index (χ1n) is 7.18. The van der Waals surface area contributed by atoms with E-state index in [1.807, 2.05) is 12.1 Å². The summed E-state index contributed by atoms with van der Waals surface area (Å²) in [6.07, 6.45) is 2.54. The summed E-state index contributed by atoms with van der Waals surface area (Å²) in [5.74, 6) is 0.770. The standard InChI is InChI=1S/C17H27NO/c1-13(11-12-18)5-10-16(19)14-6-8-15(9-7-14)17(2,3)4/h6-9,13H,5,10-12,18H2,1-4H3. The molecule has 0 aromatic heterocycles. The molecule has 0 aliphatic heterocycles. The highest BCUT2D eigenvalue weighted by Gasteiger charge is 2.14. The van der Waals surface area contributed by atoms with Gasteiger partial charge in [0.1, 0.15) is 0 Å². The van der Waals surface area contributed by atoms with E-state index in [1.54, 1.807) is 0 Å². The summed E-state index contributed by atoms with van der Waals surface area (Å²) in [5, 5.41) is 0. The third-order valence-electron chi connectivity index (χ3n) is 3.60. The van der Waals surface area contributed by atoms with Gasteiger partial charge in [0.15, 0.2) is 5.78 Å². The van der Waals surface area contributed by atoms with E-state index in [1.165, 1.54) is 5.56 Å². The molecule has 0 radical (unpaired) electrons. The number of hydrogen-bond acceptors (Lipinski definition) is 2. The molecule has 1 aromatic rings. The minimum Gasteiger partial charge on any atom is -0.330 e. The minimum absolute atomic E-state index is 0.136. The predicted octanol–water partition coefficient (Wildman–Crippen LogP) is 3.93. The summed E-state index contributed by atoms with van der Waals surface area (Å²) < 4.78 is 0. The van der Waals surface area contributed by atoms with Gasteiger partial charge in [-0.05, 0) is 36.3 Å². The summed E-state index contributed by atoms with van der Waals surface area (Å²) in [6, 6.07) is 8.04. The summed E-state index contributed by atoms with van der Waals surface area (Å²) in [5.41, 5.74) is 7.75. The monoisotopic (exact) mass is 261 g/mol. The average Bonchev–Trinajstić information content (AvgIpc) is 2.35. The van der Waals surface area contributed by atoms with Crippen LogP contribution in [0.3, 0.4) is 0 Å². The van der Waals surface area contributed by atoms with Crippen molar-refractivity contribution in [3.05, 3.63) is 35.4 Å². The van der Waals surface area contributed by atoms with Crippen LogP contribution in [-0.2, 0) is 5.41 Å². The lowest BCUT2D eigenvalue weighted by Crippen LogP contribution is -2.11. The van der Waals surface area contributed by atoms with Crippen LogP contribution in [0.2, 0.25) is 0 Å². The van der Waals surface area contributed by atoms with Crippen LogP contribution in [0.5, 0.6) is 0 Å². The van der Waals surface area contributed by atoms with Crippen LogP contribution in [0.15, 0.2) is 24.3 Å². The predicted molar refractivity (Wildman–Crippen MR) is 81.5 cm³/mol. The Bertz CT molecular complexity index is 400. The fourth-order valence-corrected chi connectivity index (χ4v) is 2.11. The molecule has 19 heavy (non-hydrogen) atoms. The Balaban J connectivity index is 2.59. The van der Waals surface area contributed by atoms with E-state index in [2.05, 4.69) is 39.8 Å². The molecule has 0 amide bonds. The number of nitrogens with two attached hydrogens (primary N) is 1. The van der Waals surface area contributed by atoms with E-state index in [0.717, 1.165) is 18.4 Å².